The molecule has 1 atom stereocenters. The molecule has 1 aliphatic heterocycles. The minimum absolute atomic E-state index is 0.0164. The molecule has 2 amide bonds. The lowest BCUT2D eigenvalue weighted by Gasteiger charge is -2.17. The van der Waals surface area contributed by atoms with E-state index < -0.39 is 0 Å². The fraction of sp³-hybridized carbons (Fsp3) is 0.500. The van der Waals surface area contributed by atoms with Crippen LogP contribution in [0.4, 0.5) is 0 Å². The van der Waals surface area contributed by atoms with Crippen LogP contribution in [-0.2, 0) is 20.9 Å². The Bertz CT molecular complexity index is 515. The fourth-order valence-electron chi connectivity index (χ4n) is 2.47. The van der Waals surface area contributed by atoms with Gasteiger partial charge in [0, 0.05) is 33.2 Å². The van der Waals surface area contributed by atoms with Crippen molar-refractivity contribution in [1.29, 1.82) is 0 Å². The number of benzene rings is 1. The third kappa shape index (κ3) is 4.21. The third-order valence-corrected chi connectivity index (χ3v) is 3.72. The molecule has 1 aromatic rings. The van der Waals surface area contributed by atoms with E-state index in [1.54, 1.807) is 19.1 Å². The zero-order valence-electron chi connectivity index (χ0n) is 13.0. The highest BCUT2D eigenvalue weighted by Gasteiger charge is 2.33. The molecule has 0 saturated carbocycles. The highest BCUT2D eigenvalue weighted by Crippen LogP contribution is 2.21. The fourth-order valence-corrected chi connectivity index (χ4v) is 2.47. The quantitative estimate of drug-likeness (QED) is 0.757. The lowest BCUT2D eigenvalue weighted by Crippen LogP contribution is -2.34. The molecular weight excluding hydrogens is 284 g/mol. The molecule has 1 aliphatic rings. The SMILES string of the molecule is COCCNC(=O)C1CC(=O)N(Cc2ccc(OC)cc2)C1. The van der Waals surface area contributed by atoms with E-state index in [4.69, 9.17) is 9.47 Å². The van der Waals surface area contributed by atoms with Crippen LogP contribution in [0.15, 0.2) is 24.3 Å². The second kappa shape index (κ2) is 7.79. The van der Waals surface area contributed by atoms with Crippen LogP contribution in [-0.4, -0.2) is 50.6 Å². The molecule has 1 N–H and O–H groups in total. The summed E-state index contributed by atoms with van der Waals surface area (Å²) in [6.45, 7) is 1.93. The molecule has 0 bridgehead atoms. The molecule has 1 saturated heterocycles. The summed E-state index contributed by atoms with van der Waals surface area (Å²) < 4.78 is 10.0. The molecule has 0 aliphatic carbocycles. The Balaban J connectivity index is 1.87. The van der Waals surface area contributed by atoms with Gasteiger partial charge in [0.15, 0.2) is 0 Å². The molecular formula is C16H22N2O4. The number of methoxy groups -OCH3 is 2. The number of nitrogens with zero attached hydrogens (tertiary/aromatic N) is 1. The first-order valence-electron chi connectivity index (χ1n) is 7.31. The minimum Gasteiger partial charge on any atom is -0.497 e. The van der Waals surface area contributed by atoms with Crippen LogP contribution in [0, 0.1) is 5.92 Å². The summed E-state index contributed by atoms with van der Waals surface area (Å²) in [7, 11) is 3.20. The van der Waals surface area contributed by atoms with E-state index in [2.05, 4.69) is 5.32 Å². The second-order valence-corrected chi connectivity index (χ2v) is 5.31. The van der Waals surface area contributed by atoms with E-state index >= 15 is 0 Å². The number of rotatable bonds is 7. The molecule has 1 unspecified atom stereocenters. The van der Waals surface area contributed by atoms with E-state index in [0.717, 1.165) is 11.3 Å². The van der Waals surface area contributed by atoms with Crippen molar-refractivity contribution in [2.45, 2.75) is 13.0 Å². The summed E-state index contributed by atoms with van der Waals surface area (Å²) in [5, 5.41) is 2.79. The van der Waals surface area contributed by atoms with Gasteiger partial charge in [0.1, 0.15) is 5.75 Å². The number of carbonyl (C=O) groups excluding carboxylic acids is 2. The summed E-state index contributed by atoms with van der Waals surface area (Å²) >= 11 is 0. The average molecular weight is 306 g/mol. The van der Waals surface area contributed by atoms with Crippen molar-refractivity contribution >= 4 is 11.8 Å². The van der Waals surface area contributed by atoms with Gasteiger partial charge in [-0.3, -0.25) is 9.59 Å². The number of likely N-dealkylation sites (tertiary alicyclic amines) is 1. The van der Waals surface area contributed by atoms with Crippen LogP contribution in [0.5, 0.6) is 5.75 Å². The maximum atomic E-state index is 12.0. The number of hydrogen-bond acceptors (Lipinski definition) is 4. The molecule has 0 radical (unpaired) electrons. The van der Waals surface area contributed by atoms with Crippen molar-refractivity contribution in [2.75, 3.05) is 33.9 Å². The number of carbonyl (C=O) groups is 2. The predicted molar refractivity (Wildman–Crippen MR) is 81.4 cm³/mol. The summed E-state index contributed by atoms with van der Waals surface area (Å²) in [6.07, 6.45) is 0.273. The Morgan fingerprint density at radius 3 is 2.68 bits per heavy atom. The minimum atomic E-state index is -0.275. The van der Waals surface area contributed by atoms with E-state index in [1.165, 1.54) is 0 Å². The molecule has 0 spiro atoms. The van der Waals surface area contributed by atoms with Crippen LogP contribution in [0.25, 0.3) is 0 Å². The Hall–Kier alpha value is -2.08. The predicted octanol–water partition coefficient (Wildman–Crippen LogP) is 0.806. The molecule has 22 heavy (non-hydrogen) atoms. The zero-order chi connectivity index (χ0) is 15.9. The van der Waals surface area contributed by atoms with Gasteiger partial charge in [0.25, 0.3) is 0 Å². The first-order chi connectivity index (χ1) is 10.6. The lowest BCUT2D eigenvalue weighted by atomic mass is 10.1. The van der Waals surface area contributed by atoms with Crippen molar-refractivity contribution in [3.05, 3.63) is 29.8 Å². The average Bonchev–Trinajstić information content (AvgIpc) is 2.89. The third-order valence-electron chi connectivity index (χ3n) is 3.72. The first-order valence-corrected chi connectivity index (χ1v) is 7.31. The normalized spacial score (nSPS) is 17.6. The van der Waals surface area contributed by atoms with Crippen molar-refractivity contribution in [3.8, 4) is 5.75 Å². The number of amides is 2. The monoisotopic (exact) mass is 306 g/mol. The highest BCUT2D eigenvalue weighted by atomic mass is 16.5. The Labute approximate surface area is 130 Å². The summed E-state index contributed by atoms with van der Waals surface area (Å²) in [5.74, 6) is 0.444. The molecule has 6 heteroatoms. The molecule has 1 heterocycles. The zero-order valence-corrected chi connectivity index (χ0v) is 13.0. The molecule has 1 fully saturated rings. The lowest BCUT2D eigenvalue weighted by molar-refractivity contribution is -0.129. The van der Waals surface area contributed by atoms with Gasteiger partial charge in [0.05, 0.1) is 19.6 Å². The standard InChI is InChI=1S/C16H22N2O4/c1-21-8-7-17-16(20)13-9-15(19)18(11-13)10-12-3-5-14(22-2)6-4-12/h3-6,13H,7-11H2,1-2H3,(H,17,20). The Morgan fingerprint density at radius 1 is 1.32 bits per heavy atom. The van der Waals surface area contributed by atoms with Gasteiger partial charge in [-0.25, -0.2) is 0 Å². The Kier molecular flexibility index (Phi) is 5.77. The van der Waals surface area contributed by atoms with Crippen LogP contribution >= 0.6 is 0 Å². The van der Waals surface area contributed by atoms with Crippen LogP contribution in [0.1, 0.15) is 12.0 Å². The van der Waals surface area contributed by atoms with Gasteiger partial charge in [-0.15, -0.1) is 0 Å². The van der Waals surface area contributed by atoms with E-state index in [-0.39, 0.29) is 24.2 Å². The van der Waals surface area contributed by atoms with Crippen LogP contribution in [0.3, 0.4) is 0 Å². The summed E-state index contributed by atoms with van der Waals surface area (Å²) in [5.41, 5.74) is 1.02. The van der Waals surface area contributed by atoms with Gasteiger partial charge < -0.3 is 19.7 Å². The van der Waals surface area contributed by atoms with Crippen molar-refractivity contribution in [1.82, 2.24) is 10.2 Å². The van der Waals surface area contributed by atoms with Crippen LogP contribution in [0.2, 0.25) is 0 Å². The summed E-state index contributed by atoms with van der Waals surface area (Å²) in [6, 6.07) is 7.59. The van der Waals surface area contributed by atoms with Gasteiger partial charge in [-0.2, -0.15) is 0 Å². The number of hydrogen-bond donors (Lipinski definition) is 1. The first kappa shape index (κ1) is 16.3. The highest BCUT2D eigenvalue weighted by molar-refractivity contribution is 5.89. The molecule has 6 nitrogen and oxygen atoms in total. The van der Waals surface area contributed by atoms with Gasteiger partial charge in [0.2, 0.25) is 11.8 Å². The molecule has 1 aromatic carbocycles. The van der Waals surface area contributed by atoms with Gasteiger partial charge >= 0.3 is 0 Å². The smallest absolute Gasteiger partial charge is 0.225 e. The maximum absolute atomic E-state index is 12.0. The largest absolute Gasteiger partial charge is 0.497 e. The van der Waals surface area contributed by atoms with Gasteiger partial charge in [-0.05, 0) is 17.7 Å². The second-order valence-electron chi connectivity index (χ2n) is 5.31. The van der Waals surface area contributed by atoms with Gasteiger partial charge in [-0.1, -0.05) is 12.1 Å². The van der Waals surface area contributed by atoms with Crippen molar-refractivity contribution in [2.24, 2.45) is 5.92 Å². The van der Waals surface area contributed by atoms with Crippen LogP contribution < -0.4 is 10.1 Å². The molecule has 2 rings (SSSR count). The maximum Gasteiger partial charge on any atom is 0.225 e. The van der Waals surface area contributed by atoms with E-state index in [9.17, 15) is 9.59 Å². The topological polar surface area (TPSA) is 67.9 Å². The van der Waals surface area contributed by atoms with E-state index in [1.807, 2.05) is 24.3 Å². The number of nitrogens with one attached hydrogen (secondary N) is 1. The van der Waals surface area contributed by atoms with Crippen molar-refractivity contribution in [3.63, 3.8) is 0 Å². The summed E-state index contributed by atoms with van der Waals surface area (Å²) in [4.78, 5) is 25.8. The number of ether oxygens (including phenoxy) is 2. The molecule has 0 aromatic heterocycles. The van der Waals surface area contributed by atoms with Crippen molar-refractivity contribution < 1.29 is 19.1 Å². The molecule has 120 valence electrons. The van der Waals surface area contributed by atoms with E-state index in [0.29, 0.717) is 26.2 Å². The Morgan fingerprint density at radius 2 is 2.05 bits per heavy atom.